The third-order valence-corrected chi connectivity index (χ3v) is 3.69. The Morgan fingerprint density at radius 3 is 3.19 bits per heavy atom. The highest BCUT2D eigenvalue weighted by atomic mass is 32.1. The van der Waals surface area contributed by atoms with Gasteiger partial charge in [0.05, 0.1) is 6.10 Å². The van der Waals surface area contributed by atoms with Crippen molar-refractivity contribution in [3.63, 3.8) is 0 Å². The second kappa shape index (κ2) is 5.46. The van der Waals surface area contributed by atoms with Gasteiger partial charge in [0.15, 0.2) is 0 Å². The summed E-state index contributed by atoms with van der Waals surface area (Å²) in [5.41, 5.74) is 1.23. The Balaban J connectivity index is 1.79. The maximum Gasteiger partial charge on any atom is 0.222 e. The van der Waals surface area contributed by atoms with Gasteiger partial charge in [0.1, 0.15) is 0 Å². The number of amides is 1. The normalized spacial score (nSPS) is 21.1. The second-order valence-electron chi connectivity index (χ2n) is 4.27. The zero-order valence-electron chi connectivity index (χ0n) is 9.26. The number of nitrogens with zero attached hydrogens (tertiary/aromatic N) is 1. The van der Waals surface area contributed by atoms with Crippen LogP contribution >= 0.6 is 11.3 Å². The number of carbonyl (C=O) groups excluding carboxylic acids is 1. The van der Waals surface area contributed by atoms with Crippen molar-refractivity contribution in [2.75, 3.05) is 13.1 Å². The van der Waals surface area contributed by atoms with Crippen LogP contribution in [-0.2, 0) is 11.2 Å². The van der Waals surface area contributed by atoms with Crippen LogP contribution in [0.15, 0.2) is 16.8 Å². The van der Waals surface area contributed by atoms with Crippen molar-refractivity contribution in [2.24, 2.45) is 0 Å². The summed E-state index contributed by atoms with van der Waals surface area (Å²) in [4.78, 5) is 13.6. The summed E-state index contributed by atoms with van der Waals surface area (Å²) >= 11 is 1.66. The number of β-amino-alcohol motifs (C(OH)–C–C–N with tert-alkyl or cyclic N) is 1. The summed E-state index contributed by atoms with van der Waals surface area (Å²) < 4.78 is 0. The molecule has 3 nitrogen and oxygen atoms in total. The molecule has 1 unspecified atom stereocenters. The summed E-state index contributed by atoms with van der Waals surface area (Å²) in [5.74, 6) is 0.171. The monoisotopic (exact) mass is 239 g/mol. The Hall–Kier alpha value is -0.870. The van der Waals surface area contributed by atoms with Crippen LogP contribution in [0.3, 0.4) is 0 Å². The molecule has 16 heavy (non-hydrogen) atoms. The third kappa shape index (κ3) is 3.06. The van der Waals surface area contributed by atoms with Gasteiger partial charge in [-0.15, -0.1) is 0 Å². The summed E-state index contributed by atoms with van der Waals surface area (Å²) in [6, 6.07) is 2.06. The number of likely N-dealkylation sites (tertiary alicyclic amines) is 1. The van der Waals surface area contributed by atoms with Crippen LogP contribution in [0.1, 0.15) is 24.8 Å². The quantitative estimate of drug-likeness (QED) is 0.871. The Morgan fingerprint density at radius 2 is 2.50 bits per heavy atom. The molecule has 2 rings (SSSR count). The molecule has 1 aromatic rings. The number of rotatable bonds is 3. The highest BCUT2D eigenvalue weighted by Gasteiger charge is 2.21. The summed E-state index contributed by atoms with van der Waals surface area (Å²) in [5, 5.41) is 13.6. The minimum atomic E-state index is -0.321. The molecule has 0 radical (unpaired) electrons. The SMILES string of the molecule is O=C(CCc1ccsc1)N1CCCC(O)C1. The molecule has 1 fully saturated rings. The van der Waals surface area contributed by atoms with E-state index in [1.165, 1.54) is 5.56 Å². The molecule has 1 atom stereocenters. The van der Waals surface area contributed by atoms with Gasteiger partial charge in [-0.2, -0.15) is 11.3 Å². The topological polar surface area (TPSA) is 40.5 Å². The molecule has 0 aliphatic carbocycles. The molecule has 88 valence electrons. The number of hydrogen-bond acceptors (Lipinski definition) is 3. The average molecular weight is 239 g/mol. The van der Waals surface area contributed by atoms with Crippen molar-refractivity contribution >= 4 is 17.2 Å². The molecule has 2 heterocycles. The summed E-state index contributed by atoms with van der Waals surface area (Å²) in [6.07, 6.45) is 2.80. The van der Waals surface area contributed by atoms with Crippen LogP contribution < -0.4 is 0 Å². The molecular weight excluding hydrogens is 222 g/mol. The van der Waals surface area contributed by atoms with Crippen molar-refractivity contribution in [3.05, 3.63) is 22.4 Å². The highest BCUT2D eigenvalue weighted by molar-refractivity contribution is 7.07. The Morgan fingerprint density at radius 1 is 1.62 bits per heavy atom. The van der Waals surface area contributed by atoms with Gasteiger partial charge in [0.2, 0.25) is 5.91 Å². The minimum absolute atomic E-state index is 0.171. The van der Waals surface area contributed by atoms with Crippen LogP contribution in [0.5, 0.6) is 0 Å². The lowest BCUT2D eigenvalue weighted by atomic mass is 10.1. The van der Waals surface area contributed by atoms with Crippen LogP contribution in [0, 0.1) is 0 Å². The first-order chi connectivity index (χ1) is 7.75. The second-order valence-corrected chi connectivity index (χ2v) is 5.05. The van der Waals surface area contributed by atoms with Crippen molar-refractivity contribution < 1.29 is 9.90 Å². The zero-order chi connectivity index (χ0) is 11.4. The first-order valence-electron chi connectivity index (χ1n) is 5.72. The molecule has 0 saturated carbocycles. The van der Waals surface area contributed by atoms with E-state index in [1.54, 1.807) is 16.2 Å². The van der Waals surface area contributed by atoms with E-state index in [2.05, 4.69) is 11.4 Å². The van der Waals surface area contributed by atoms with Gasteiger partial charge in [-0.3, -0.25) is 4.79 Å². The number of thiophene rings is 1. The van der Waals surface area contributed by atoms with E-state index in [9.17, 15) is 9.90 Å². The Bertz CT molecular complexity index is 337. The van der Waals surface area contributed by atoms with Gasteiger partial charge in [0.25, 0.3) is 0 Å². The van der Waals surface area contributed by atoms with Crippen LogP contribution in [0.2, 0.25) is 0 Å². The third-order valence-electron chi connectivity index (χ3n) is 2.96. The first kappa shape index (κ1) is 11.6. The standard InChI is InChI=1S/C12H17NO2S/c14-11-2-1-6-13(8-11)12(15)4-3-10-5-7-16-9-10/h5,7,9,11,14H,1-4,6,8H2. The number of aliphatic hydroxyl groups excluding tert-OH is 1. The number of carbonyl (C=O) groups is 1. The molecule has 1 amide bonds. The molecule has 0 bridgehead atoms. The molecule has 1 saturated heterocycles. The van der Waals surface area contributed by atoms with Crippen LogP contribution in [-0.4, -0.2) is 35.1 Å². The predicted octanol–water partition coefficient (Wildman–Crippen LogP) is 1.66. The highest BCUT2D eigenvalue weighted by Crippen LogP contribution is 2.13. The van der Waals surface area contributed by atoms with E-state index >= 15 is 0 Å². The molecule has 0 aromatic carbocycles. The summed E-state index contributed by atoms with van der Waals surface area (Å²) in [6.45, 7) is 1.32. The molecule has 1 aliphatic rings. The number of aliphatic hydroxyl groups is 1. The lowest BCUT2D eigenvalue weighted by Gasteiger charge is -2.30. The lowest BCUT2D eigenvalue weighted by Crippen LogP contribution is -2.42. The van der Waals surface area contributed by atoms with Crippen molar-refractivity contribution in [3.8, 4) is 0 Å². The molecule has 0 spiro atoms. The van der Waals surface area contributed by atoms with Gasteiger partial charge in [0, 0.05) is 19.5 Å². The van der Waals surface area contributed by atoms with Crippen molar-refractivity contribution in [1.82, 2.24) is 4.90 Å². The van der Waals surface area contributed by atoms with Crippen LogP contribution in [0.25, 0.3) is 0 Å². The van der Waals surface area contributed by atoms with Gasteiger partial charge < -0.3 is 10.0 Å². The minimum Gasteiger partial charge on any atom is -0.391 e. The average Bonchev–Trinajstić information content (AvgIpc) is 2.78. The zero-order valence-corrected chi connectivity index (χ0v) is 10.1. The van der Waals surface area contributed by atoms with E-state index < -0.39 is 0 Å². The van der Waals surface area contributed by atoms with Crippen molar-refractivity contribution in [2.45, 2.75) is 31.8 Å². The number of hydrogen-bond donors (Lipinski definition) is 1. The van der Waals surface area contributed by atoms with Gasteiger partial charge in [-0.25, -0.2) is 0 Å². The smallest absolute Gasteiger partial charge is 0.222 e. The van der Waals surface area contributed by atoms with E-state index in [4.69, 9.17) is 0 Å². The fourth-order valence-electron chi connectivity index (χ4n) is 2.03. The van der Waals surface area contributed by atoms with E-state index in [0.717, 1.165) is 25.8 Å². The Kier molecular flexibility index (Phi) is 3.96. The molecule has 1 N–H and O–H groups in total. The van der Waals surface area contributed by atoms with E-state index in [1.807, 2.05) is 5.38 Å². The molecule has 1 aromatic heterocycles. The lowest BCUT2D eigenvalue weighted by molar-refractivity contribution is -0.134. The first-order valence-corrected chi connectivity index (χ1v) is 6.67. The largest absolute Gasteiger partial charge is 0.391 e. The van der Waals surface area contributed by atoms with E-state index in [0.29, 0.717) is 13.0 Å². The molecule has 4 heteroatoms. The number of piperidine rings is 1. The maximum atomic E-state index is 11.9. The fourth-order valence-corrected chi connectivity index (χ4v) is 2.73. The Labute approximate surface area is 99.7 Å². The summed E-state index contributed by atoms with van der Waals surface area (Å²) in [7, 11) is 0. The van der Waals surface area contributed by atoms with Crippen molar-refractivity contribution in [1.29, 1.82) is 0 Å². The predicted molar refractivity (Wildman–Crippen MR) is 64.5 cm³/mol. The number of aryl methyl sites for hydroxylation is 1. The van der Waals surface area contributed by atoms with Gasteiger partial charge in [-0.1, -0.05) is 0 Å². The van der Waals surface area contributed by atoms with E-state index in [-0.39, 0.29) is 12.0 Å². The van der Waals surface area contributed by atoms with Crippen LogP contribution in [0.4, 0.5) is 0 Å². The van der Waals surface area contributed by atoms with Gasteiger partial charge in [-0.05, 0) is 41.7 Å². The fraction of sp³-hybridized carbons (Fsp3) is 0.583. The molecule has 1 aliphatic heterocycles. The van der Waals surface area contributed by atoms with Gasteiger partial charge >= 0.3 is 0 Å². The molecular formula is C12H17NO2S. The maximum absolute atomic E-state index is 11.9.